The van der Waals surface area contributed by atoms with Gasteiger partial charge in [0.2, 0.25) is 0 Å². The lowest BCUT2D eigenvalue weighted by atomic mass is 10.1. The fourth-order valence-electron chi connectivity index (χ4n) is 3.25. The molecule has 1 amide bonds. The van der Waals surface area contributed by atoms with Crippen molar-refractivity contribution in [3.05, 3.63) is 62.0 Å². The fourth-order valence-corrected chi connectivity index (χ4v) is 4.89. The molecule has 0 aliphatic carbocycles. The first-order chi connectivity index (χ1) is 12.8. The Morgan fingerprint density at radius 2 is 1.67 bits per heavy atom. The van der Waals surface area contributed by atoms with Crippen LogP contribution in [-0.4, -0.2) is 36.1 Å². The number of hydrogen-bond acceptors (Lipinski definition) is 3. The predicted molar refractivity (Wildman–Crippen MR) is 113 cm³/mol. The molecule has 1 aliphatic heterocycles. The van der Waals surface area contributed by atoms with Crippen LogP contribution in [0, 0.1) is 6.92 Å². The van der Waals surface area contributed by atoms with Crippen LogP contribution >= 0.6 is 31.9 Å². The van der Waals surface area contributed by atoms with Gasteiger partial charge in [0.05, 0.1) is 21.2 Å². The van der Waals surface area contributed by atoms with E-state index < -0.39 is 0 Å². The highest BCUT2D eigenvalue weighted by Gasteiger charge is 2.26. The van der Waals surface area contributed by atoms with E-state index in [1.54, 1.807) is 0 Å². The Balaban J connectivity index is 1.64. The van der Waals surface area contributed by atoms with Crippen molar-refractivity contribution in [3.63, 3.8) is 0 Å². The number of amides is 1. The number of carbonyl (C=O) groups excluding carboxylic acids is 1. The molecule has 0 saturated carbocycles. The third kappa shape index (κ3) is 5.12. The molecule has 2 aromatic carbocycles. The molecule has 1 fully saturated rings. The van der Waals surface area contributed by atoms with Crippen molar-refractivity contribution in [2.45, 2.75) is 39.6 Å². The summed E-state index contributed by atoms with van der Waals surface area (Å²) in [6, 6.07) is 11.7. The zero-order valence-corrected chi connectivity index (χ0v) is 18.8. The van der Waals surface area contributed by atoms with Crippen LogP contribution in [0.3, 0.4) is 0 Å². The standard InChI is InChI=1S/C21H23Br2NO3/c1-13-8-18(22)20(19(23)9-13)26-12-16-4-6-17(7-5-16)21(25)24-10-14(2)27-15(3)11-24/h4-9,14-15H,10-12H2,1-3H3. The summed E-state index contributed by atoms with van der Waals surface area (Å²) >= 11 is 7.08. The van der Waals surface area contributed by atoms with Crippen molar-refractivity contribution in [2.75, 3.05) is 13.1 Å². The average Bonchev–Trinajstić information content (AvgIpc) is 2.60. The number of morpholine rings is 1. The number of hydrogen-bond donors (Lipinski definition) is 0. The Morgan fingerprint density at radius 3 is 2.22 bits per heavy atom. The molecule has 4 nitrogen and oxygen atoms in total. The van der Waals surface area contributed by atoms with Gasteiger partial charge in [0.15, 0.2) is 0 Å². The van der Waals surface area contributed by atoms with Gasteiger partial charge >= 0.3 is 0 Å². The van der Waals surface area contributed by atoms with Crippen molar-refractivity contribution in [1.82, 2.24) is 4.90 Å². The van der Waals surface area contributed by atoms with Gasteiger partial charge in [-0.2, -0.15) is 0 Å². The van der Waals surface area contributed by atoms with Crippen molar-refractivity contribution >= 4 is 37.8 Å². The number of benzene rings is 2. The van der Waals surface area contributed by atoms with E-state index in [0.717, 1.165) is 25.8 Å². The summed E-state index contributed by atoms with van der Waals surface area (Å²) in [7, 11) is 0. The first-order valence-corrected chi connectivity index (χ1v) is 10.5. The van der Waals surface area contributed by atoms with E-state index >= 15 is 0 Å². The lowest BCUT2D eigenvalue weighted by molar-refractivity contribution is -0.0586. The van der Waals surface area contributed by atoms with Gasteiger partial charge in [-0.05, 0) is 88.0 Å². The van der Waals surface area contributed by atoms with Gasteiger partial charge in [0.25, 0.3) is 5.91 Å². The molecule has 1 aliphatic rings. The van der Waals surface area contributed by atoms with E-state index in [1.165, 1.54) is 0 Å². The van der Waals surface area contributed by atoms with Crippen molar-refractivity contribution < 1.29 is 14.3 Å². The second-order valence-electron chi connectivity index (χ2n) is 7.01. The predicted octanol–water partition coefficient (Wildman–Crippen LogP) is 5.35. The van der Waals surface area contributed by atoms with Crippen LogP contribution < -0.4 is 4.74 Å². The minimum Gasteiger partial charge on any atom is -0.487 e. The second-order valence-corrected chi connectivity index (χ2v) is 8.72. The maximum Gasteiger partial charge on any atom is 0.254 e. The summed E-state index contributed by atoms with van der Waals surface area (Å²) in [5, 5.41) is 0. The Labute approximate surface area is 177 Å². The first kappa shape index (κ1) is 20.4. The van der Waals surface area contributed by atoms with Gasteiger partial charge in [-0.3, -0.25) is 4.79 Å². The minimum absolute atomic E-state index is 0.0495. The molecule has 0 aromatic heterocycles. The third-order valence-electron chi connectivity index (χ3n) is 4.43. The van der Waals surface area contributed by atoms with Crippen molar-refractivity contribution in [1.29, 1.82) is 0 Å². The molecule has 6 heteroatoms. The van der Waals surface area contributed by atoms with Crippen LogP contribution in [0.5, 0.6) is 5.75 Å². The molecule has 2 aromatic rings. The van der Waals surface area contributed by atoms with Gasteiger partial charge < -0.3 is 14.4 Å². The first-order valence-electron chi connectivity index (χ1n) is 8.95. The SMILES string of the molecule is Cc1cc(Br)c(OCc2ccc(C(=O)N3CC(C)OC(C)C3)cc2)c(Br)c1. The number of aryl methyl sites for hydroxylation is 1. The summed E-state index contributed by atoms with van der Waals surface area (Å²) in [5.41, 5.74) is 2.85. The van der Waals surface area contributed by atoms with E-state index in [-0.39, 0.29) is 18.1 Å². The quantitative estimate of drug-likeness (QED) is 0.572. The number of nitrogens with zero attached hydrogens (tertiary/aromatic N) is 1. The number of rotatable bonds is 4. The minimum atomic E-state index is 0.0495. The summed E-state index contributed by atoms with van der Waals surface area (Å²) in [6.45, 7) is 7.72. The van der Waals surface area contributed by atoms with E-state index in [4.69, 9.17) is 9.47 Å². The zero-order chi connectivity index (χ0) is 19.6. The average molecular weight is 497 g/mol. The lowest BCUT2D eigenvalue weighted by Crippen LogP contribution is -2.48. The van der Waals surface area contributed by atoms with Crippen LogP contribution in [0.4, 0.5) is 0 Å². The molecule has 0 radical (unpaired) electrons. The normalized spacial score (nSPS) is 19.8. The van der Waals surface area contributed by atoms with Crippen molar-refractivity contribution in [3.8, 4) is 5.75 Å². The van der Waals surface area contributed by atoms with Gasteiger partial charge in [-0.25, -0.2) is 0 Å². The molecule has 2 atom stereocenters. The molecule has 0 spiro atoms. The molecular formula is C21H23Br2NO3. The summed E-state index contributed by atoms with van der Waals surface area (Å²) < 4.78 is 13.5. The van der Waals surface area contributed by atoms with Crippen LogP contribution in [-0.2, 0) is 11.3 Å². The van der Waals surface area contributed by atoms with E-state index in [1.807, 2.05) is 62.1 Å². The summed E-state index contributed by atoms with van der Waals surface area (Å²) in [6.07, 6.45) is 0.133. The van der Waals surface area contributed by atoms with E-state index in [9.17, 15) is 4.79 Å². The molecule has 0 bridgehead atoms. The molecule has 1 saturated heterocycles. The summed E-state index contributed by atoms with van der Waals surface area (Å²) in [4.78, 5) is 14.6. The molecule has 2 unspecified atom stereocenters. The highest BCUT2D eigenvalue weighted by atomic mass is 79.9. The Kier molecular flexibility index (Phi) is 6.61. The highest BCUT2D eigenvalue weighted by Crippen LogP contribution is 2.35. The van der Waals surface area contributed by atoms with Crippen LogP contribution in [0.1, 0.15) is 35.3 Å². The largest absolute Gasteiger partial charge is 0.487 e. The van der Waals surface area contributed by atoms with Gasteiger partial charge in [-0.1, -0.05) is 12.1 Å². The molecular weight excluding hydrogens is 474 g/mol. The van der Waals surface area contributed by atoms with E-state index in [2.05, 4.69) is 31.9 Å². The van der Waals surface area contributed by atoms with Crippen LogP contribution in [0.2, 0.25) is 0 Å². The third-order valence-corrected chi connectivity index (χ3v) is 5.61. The van der Waals surface area contributed by atoms with Gasteiger partial charge in [-0.15, -0.1) is 0 Å². The molecule has 1 heterocycles. The van der Waals surface area contributed by atoms with Crippen molar-refractivity contribution in [2.24, 2.45) is 0 Å². The number of ether oxygens (including phenoxy) is 2. The van der Waals surface area contributed by atoms with Gasteiger partial charge in [0, 0.05) is 18.7 Å². The second kappa shape index (κ2) is 8.76. The molecule has 0 N–H and O–H groups in total. The van der Waals surface area contributed by atoms with E-state index in [0.29, 0.717) is 25.3 Å². The molecule has 27 heavy (non-hydrogen) atoms. The molecule has 3 rings (SSSR count). The summed E-state index contributed by atoms with van der Waals surface area (Å²) in [5.74, 6) is 0.825. The number of carbonyl (C=O) groups is 1. The Morgan fingerprint density at radius 1 is 1.11 bits per heavy atom. The molecule has 144 valence electrons. The maximum atomic E-state index is 12.7. The maximum absolute atomic E-state index is 12.7. The van der Waals surface area contributed by atoms with Crippen LogP contribution in [0.25, 0.3) is 0 Å². The lowest BCUT2D eigenvalue weighted by Gasteiger charge is -2.35. The smallest absolute Gasteiger partial charge is 0.254 e. The highest BCUT2D eigenvalue weighted by molar-refractivity contribution is 9.11. The number of halogens is 2. The topological polar surface area (TPSA) is 38.8 Å². The Hall–Kier alpha value is -1.37. The zero-order valence-electron chi connectivity index (χ0n) is 15.7. The Bertz CT molecular complexity index is 790. The monoisotopic (exact) mass is 495 g/mol. The van der Waals surface area contributed by atoms with Gasteiger partial charge in [0.1, 0.15) is 12.4 Å². The fraction of sp³-hybridized carbons (Fsp3) is 0.381. The van der Waals surface area contributed by atoms with Crippen LogP contribution in [0.15, 0.2) is 45.3 Å².